The van der Waals surface area contributed by atoms with Gasteiger partial charge in [0.25, 0.3) is 0 Å². The number of nitrogens with one attached hydrogen (secondary N) is 1. The Hall–Kier alpha value is -1.72. The fourth-order valence-corrected chi connectivity index (χ4v) is 2.73. The van der Waals surface area contributed by atoms with E-state index in [1.807, 2.05) is 37.4 Å². The lowest BCUT2D eigenvalue weighted by Gasteiger charge is -1.96. The molecule has 0 amide bonds. The molecule has 4 nitrogen and oxygen atoms in total. The molecule has 0 aliphatic rings. The third kappa shape index (κ3) is 2.14. The molecular formula is C13H14N4S. The summed E-state index contributed by atoms with van der Waals surface area (Å²) >= 11 is 1.65. The van der Waals surface area contributed by atoms with Gasteiger partial charge in [0, 0.05) is 17.1 Å². The number of nitrogens with zero attached hydrogens (tertiary/aromatic N) is 2. The van der Waals surface area contributed by atoms with Crippen molar-refractivity contribution < 1.29 is 0 Å². The molecular weight excluding hydrogens is 244 g/mol. The number of aromatic nitrogens is 3. The Morgan fingerprint density at radius 2 is 2.22 bits per heavy atom. The summed E-state index contributed by atoms with van der Waals surface area (Å²) < 4.78 is 0. The average molecular weight is 258 g/mol. The maximum Gasteiger partial charge on any atom is 0.114 e. The van der Waals surface area contributed by atoms with Gasteiger partial charge in [-0.1, -0.05) is 12.1 Å². The summed E-state index contributed by atoms with van der Waals surface area (Å²) in [6, 6.07) is 8.07. The number of thiazole rings is 1. The van der Waals surface area contributed by atoms with E-state index in [2.05, 4.69) is 15.0 Å². The molecule has 3 N–H and O–H groups in total. The van der Waals surface area contributed by atoms with Crippen molar-refractivity contribution in [1.29, 1.82) is 0 Å². The summed E-state index contributed by atoms with van der Waals surface area (Å²) in [6.07, 6.45) is 2.58. The number of nitrogens with two attached hydrogens (primary N) is 1. The van der Waals surface area contributed by atoms with Crippen LogP contribution in [0.3, 0.4) is 0 Å². The van der Waals surface area contributed by atoms with Crippen LogP contribution in [0.1, 0.15) is 28.7 Å². The van der Waals surface area contributed by atoms with Crippen molar-refractivity contribution in [3.8, 4) is 0 Å². The van der Waals surface area contributed by atoms with E-state index in [0.29, 0.717) is 0 Å². The Kier molecular flexibility index (Phi) is 2.85. The van der Waals surface area contributed by atoms with Gasteiger partial charge in [0.2, 0.25) is 0 Å². The third-order valence-corrected chi connectivity index (χ3v) is 3.98. The molecule has 0 fully saturated rings. The predicted octanol–water partition coefficient (Wildman–Crippen LogP) is 2.63. The van der Waals surface area contributed by atoms with Gasteiger partial charge < -0.3 is 10.7 Å². The van der Waals surface area contributed by atoms with Crippen molar-refractivity contribution in [2.45, 2.75) is 19.4 Å². The lowest BCUT2D eigenvalue weighted by Crippen LogP contribution is -2.01. The SMILES string of the molecule is CC(N)c1cnc(Cc2nc3ccccc3[nH]2)s1. The first kappa shape index (κ1) is 11.4. The van der Waals surface area contributed by atoms with Crippen LogP contribution in [0.15, 0.2) is 30.5 Å². The molecule has 5 heteroatoms. The van der Waals surface area contributed by atoms with Crippen LogP contribution in [0, 0.1) is 0 Å². The molecule has 3 aromatic rings. The number of hydrogen-bond donors (Lipinski definition) is 2. The molecule has 1 atom stereocenters. The molecule has 0 radical (unpaired) electrons. The topological polar surface area (TPSA) is 67.6 Å². The number of benzene rings is 1. The second-order valence-corrected chi connectivity index (χ2v) is 5.47. The minimum Gasteiger partial charge on any atom is -0.342 e. The van der Waals surface area contributed by atoms with Gasteiger partial charge in [-0.15, -0.1) is 11.3 Å². The van der Waals surface area contributed by atoms with E-state index in [4.69, 9.17) is 5.73 Å². The molecule has 18 heavy (non-hydrogen) atoms. The van der Waals surface area contributed by atoms with Gasteiger partial charge in [-0.05, 0) is 19.1 Å². The molecule has 0 aliphatic heterocycles. The molecule has 0 aliphatic carbocycles. The van der Waals surface area contributed by atoms with Gasteiger partial charge in [-0.2, -0.15) is 0 Å². The van der Waals surface area contributed by atoms with E-state index < -0.39 is 0 Å². The van der Waals surface area contributed by atoms with Crippen LogP contribution in [0.2, 0.25) is 0 Å². The van der Waals surface area contributed by atoms with Gasteiger partial charge in [0.05, 0.1) is 17.5 Å². The summed E-state index contributed by atoms with van der Waals surface area (Å²) in [4.78, 5) is 13.3. The van der Waals surface area contributed by atoms with Gasteiger partial charge >= 0.3 is 0 Å². The Morgan fingerprint density at radius 3 is 2.94 bits per heavy atom. The first-order valence-electron chi connectivity index (χ1n) is 5.86. The van der Waals surface area contributed by atoms with E-state index in [1.165, 1.54) is 0 Å². The Morgan fingerprint density at radius 1 is 1.39 bits per heavy atom. The zero-order valence-electron chi connectivity index (χ0n) is 10.1. The van der Waals surface area contributed by atoms with Crippen LogP contribution in [0.4, 0.5) is 0 Å². The number of hydrogen-bond acceptors (Lipinski definition) is 4. The molecule has 1 aromatic carbocycles. The van der Waals surface area contributed by atoms with Crippen molar-refractivity contribution in [2.24, 2.45) is 5.73 Å². The van der Waals surface area contributed by atoms with Crippen LogP contribution in [-0.2, 0) is 6.42 Å². The zero-order chi connectivity index (χ0) is 12.5. The van der Waals surface area contributed by atoms with Crippen LogP contribution in [0.5, 0.6) is 0 Å². The summed E-state index contributed by atoms with van der Waals surface area (Å²) in [5.41, 5.74) is 7.89. The number of fused-ring (bicyclic) bond motifs is 1. The smallest absolute Gasteiger partial charge is 0.114 e. The fraction of sp³-hybridized carbons (Fsp3) is 0.231. The normalized spacial score (nSPS) is 13.0. The van der Waals surface area contributed by atoms with E-state index >= 15 is 0 Å². The van der Waals surface area contributed by atoms with E-state index in [0.717, 1.165) is 33.2 Å². The molecule has 0 spiro atoms. The lowest BCUT2D eigenvalue weighted by atomic mass is 10.3. The number of imidazole rings is 1. The van der Waals surface area contributed by atoms with Crippen molar-refractivity contribution >= 4 is 22.4 Å². The molecule has 0 bridgehead atoms. The second-order valence-electron chi connectivity index (χ2n) is 4.32. The quantitative estimate of drug-likeness (QED) is 0.759. The maximum absolute atomic E-state index is 5.83. The standard InChI is InChI=1S/C13H14N4S/c1-8(14)11-7-15-13(18-11)6-12-16-9-4-2-3-5-10(9)17-12/h2-5,7-8H,6,14H2,1H3,(H,16,17). The minimum absolute atomic E-state index is 0.0481. The minimum atomic E-state index is 0.0481. The second kappa shape index (κ2) is 4.51. The molecule has 2 heterocycles. The summed E-state index contributed by atoms with van der Waals surface area (Å²) in [6.45, 7) is 1.97. The highest BCUT2D eigenvalue weighted by atomic mass is 32.1. The van der Waals surface area contributed by atoms with Gasteiger partial charge in [0.1, 0.15) is 10.8 Å². The van der Waals surface area contributed by atoms with Crippen molar-refractivity contribution in [1.82, 2.24) is 15.0 Å². The highest BCUT2D eigenvalue weighted by Crippen LogP contribution is 2.21. The van der Waals surface area contributed by atoms with Crippen LogP contribution in [-0.4, -0.2) is 15.0 Å². The van der Waals surface area contributed by atoms with Gasteiger partial charge in [-0.3, -0.25) is 0 Å². The fourth-order valence-electron chi connectivity index (χ4n) is 1.85. The summed E-state index contributed by atoms with van der Waals surface area (Å²) in [7, 11) is 0. The molecule has 92 valence electrons. The van der Waals surface area contributed by atoms with Crippen LogP contribution >= 0.6 is 11.3 Å². The highest BCUT2D eigenvalue weighted by molar-refractivity contribution is 7.11. The lowest BCUT2D eigenvalue weighted by molar-refractivity contribution is 0.835. The van der Waals surface area contributed by atoms with E-state index in [1.54, 1.807) is 11.3 Å². The van der Waals surface area contributed by atoms with Gasteiger partial charge in [0.15, 0.2) is 0 Å². The zero-order valence-corrected chi connectivity index (χ0v) is 10.9. The van der Waals surface area contributed by atoms with E-state index in [9.17, 15) is 0 Å². The van der Waals surface area contributed by atoms with E-state index in [-0.39, 0.29) is 6.04 Å². The Balaban J connectivity index is 1.86. The van der Waals surface area contributed by atoms with Crippen LogP contribution < -0.4 is 5.73 Å². The number of H-pyrrole nitrogens is 1. The largest absolute Gasteiger partial charge is 0.342 e. The molecule has 0 saturated carbocycles. The number of rotatable bonds is 3. The Labute approximate surface area is 109 Å². The predicted molar refractivity (Wildman–Crippen MR) is 73.6 cm³/mol. The van der Waals surface area contributed by atoms with Gasteiger partial charge in [-0.25, -0.2) is 9.97 Å². The molecule has 2 aromatic heterocycles. The monoisotopic (exact) mass is 258 g/mol. The number of para-hydroxylation sites is 2. The van der Waals surface area contributed by atoms with Crippen molar-refractivity contribution in [3.05, 3.63) is 46.2 Å². The third-order valence-electron chi connectivity index (χ3n) is 2.78. The maximum atomic E-state index is 5.83. The highest BCUT2D eigenvalue weighted by Gasteiger charge is 2.08. The summed E-state index contributed by atoms with van der Waals surface area (Å²) in [5, 5.41) is 1.04. The molecule has 0 saturated heterocycles. The first-order valence-corrected chi connectivity index (χ1v) is 6.68. The number of aromatic amines is 1. The van der Waals surface area contributed by atoms with Crippen molar-refractivity contribution in [2.75, 3.05) is 0 Å². The van der Waals surface area contributed by atoms with Crippen molar-refractivity contribution in [3.63, 3.8) is 0 Å². The molecule has 1 unspecified atom stereocenters. The summed E-state index contributed by atoms with van der Waals surface area (Å²) in [5.74, 6) is 0.946. The molecule has 3 rings (SSSR count). The average Bonchev–Trinajstić information content (AvgIpc) is 2.94. The van der Waals surface area contributed by atoms with Crippen LogP contribution in [0.25, 0.3) is 11.0 Å². The Bertz CT molecular complexity index is 635. The first-order chi connectivity index (χ1) is 8.72.